The molecule has 2 aromatic carbocycles. The van der Waals surface area contributed by atoms with E-state index in [1.54, 1.807) is 30.3 Å². The van der Waals surface area contributed by atoms with Crippen molar-refractivity contribution in [2.45, 2.75) is 6.18 Å². The maximum Gasteiger partial charge on any atom is 0.416 e. The maximum atomic E-state index is 12.9. The summed E-state index contributed by atoms with van der Waals surface area (Å²) in [4.78, 5) is 18.4. The zero-order valence-electron chi connectivity index (χ0n) is 14.1. The van der Waals surface area contributed by atoms with Crippen LogP contribution in [0.4, 0.5) is 41.9 Å². The molecule has 3 rings (SSSR count). The highest BCUT2D eigenvalue weighted by Crippen LogP contribution is 2.34. The SMILES string of the molecule is O=[N+]([O-])c1c(NNc2ccccc2)ncnc1Nc1cccc(C(F)(F)F)c1. The van der Waals surface area contributed by atoms with Crippen LogP contribution in [0.3, 0.4) is 0 Å². The molecule has 0 bridgehead atoms. The number of hydrogen-bond donors (Lipinski definition) is 3. The van der Waals surface area contributed by atoms with E-state index in [1.165, 1.54) is 12.1 Å². The minimum atomic E-state index is -4.54. The predicted octanol–water partition coefficient (Wildman–Crippen LogP) is 4.59. The third-order valence-corrected chi connectivity index (χ3v) is 3.56. The van der Waals surface area contributed by atoms with Gasteiger partial charge >= 0.3 is 11.9 Å². The van der Waals surface area contributed by atoms with Gasteiger partial charge in [-0.1, -0.05) is 24.3 Å². The normalized spacial score (nSPS) is 11.0. The summed E-state index contributed by atoms with van der Waals surface area (Å²) >= 11 is 0. The van der Waals surface area contributed by atoms with Gasteiger partial charge in [0, 0.05) is 5.69 Å². The Kier molecular flexibility index (Phi) is 5.25. The third kappa shape index (κ3) is 4.44. The fraction of sp³-hybridized carbons (Fsp3) is 0.0588. The van der Waals surface area contributed by atoms with Crippen LogP contribution in [0.5, 0.6) is 0 Å². The molecule has 1 heterocycles. The van der Waals surface area contributed by atoms with E-state index in [9.17, 15) is 23.3 Å². The molecule has 0 saturated heterocycles. The molecule has 0 amide bonds. The average molecular weight is 390 g/mol. The molecule has 0 saturated carbocycles. The summed E-state index contributed by atoms with van der Waals surface area (Å²) in [6, 6.07) is 13.0. The number of para-hydroxylation sites is 1. The molecule has 0 radical (unpaired) electrons. The van der Waals surface area contributed by atoms with Crippen LogP contribution in [0.25, 0.3) is 0 Å². The van der Waals surface area contributed by atoms with Gasteiger partial charge in [0.25, 0.3) is 0 Å². The van der Waals surface area contributed by atoms with Crippen molar-refractivity contribution in [3.8, 4) is 0 Å². The lowest BCUT2D eigenvalue weighted by atomic mass is 10.2. The topological polar surface area (TPSA) is 105 Å². The summed E-state index contributed by atoms with van der Waals surface area (Å²) in [5.74, 6) is -0.407. The fourth-order valence-electron chi connectivity index (χ4n) is 2.30. The van der Waals surface area contributed by atoms with Crippen molar-refractivity contribution in [3.63, 3.8) is 0 Å². The summed E-state index contributed by atoms with van der Waals surface area (Å²) in [5.41, 5.74) is 4.58. The van der Waals surface area contributed by atoms with E-state index in [1.807, 2.05) is 0 Å². The van der Waals surface area contributed by atoms with E-state index in [-0.39, 0.29) is 17.3 Å². The average Bonchev–Trinajstić information content (AvgIpc) is 2.66. The van der Waals surface area contributed by atoms with Crippen LogP contribution in [0, 0.1) is 10.1 Å². The predicted molar refractivity (Wildman–Crippen MR) is 97.1 cm³/mol. The zero-order chi connectivity index (χ0) is 20.1. The van der Waals surface area contributed by atoms with Crippen molar-refractivity contribution in [3.05, 3.63) is 76.6 Å². The van der Waals surface area contributed by atoms with Gasteiger partial charge in [0.15, 0.2) is 0 Å². The summed E-state index contributed by atoms with van der Waals surface area (Å²) in [6.07, 6.45) is -3.49. The van der Waals surface area contributed by atoms with Crippen LogP contribution < -0.4 is 16.2 Å². The smallest absolute Gasteiger partial charge is 0.334 e. The zero-order valence-corrected chi connectivity index (χ0v) is 14.1. The molecule has 144 valence electrons. The van der Waals surface area contributed by atoms with Gasteiger partial charge < -0.3 is 5.32 Å². The number of alkyl halides is 3. The highest BCUT2D eigenvalue weighted by molar-refractivity contribution is 5.74. The molecule has 0 atom stereocenters. The number of hydrazine groups is 1. The lowest BCUT2D eigenvalue weighted by Gasteiger charge is -2.12. The first kappa shape index (κ1) is 18.9. The van der Waals surface area contributed by atoms with Gasteiger partial charge in [-0.3, -0.25) is 21.0 Å². The van der Waals surface area contributed by atoms with Gasteiger partial charge in [0.2, 0.25) is 11.6 Å². The van der Waals surface area contributed by atoms with Gasteiger partial charge in [0.1, 0.15) is 6.33 Å². The molecular formula is C17H13F3N6O2. The van der Waals surface area contributed by atoms with Crippen molar-refractivity contribution < 1.29 is 18.1 Å². The van der Waals surface area contributed by atoms with Crippen molar-refractivity contribution in [2.75, 3.05) is 16.2 Å². The Morgan fingerprint density at radius 2 is 1.57 bits per heavy atom. The second-order valence-corrected chi connectivity index (χ2v) is 5.50. The van der Waals surface area contributed by atoms with Gasteiger partial charge in [0.05, 0.1) is 16.2 Å². The highest BCUT2D eigenvalue weighted by Gasteiger charge is 2.31. The maximum absolute atomic E-state index is 12.9. The van der Waals surface area contributed by atoms with Crippen LogP contribution in [0.1, 0.15) is 5.56 Å². The minimum absolute atomic E-state index is 0.00130. The van der Waals surface area contributed by atoms with Gasteiger partial charge in [-0.05, 0) is 30.3 Å². The van der Waals surface area contributed by atoms with E-state index in [0.717, 1.165) is 18.5 Å². The second kappa shape index (κ2) is 7.78. The Hall–Kier alpha value is -3.89. The van der Waals surface area contributed by atoms with Crippen LogP contribution in [-0.4, -0.2) is 14.9 Å². The molecular weight excluding hydrogens is 377 g/mol. The number of nitro groups is 1. The molecule has 1 aromatic heterocycles. The number of nitrogens with zero attached hydrogens (tertiary/aromatic N) is 3. The Labute approximate surface area is 156 Å². The molecule has 3 aromatic rings. The van der Waals surface area contributed by atoms with Crippen molar-refractivity contribution in [1.29, 1.82) is 0 Å². The number of anilines is 4. The molecule has 0 unspecified atom stereocenters. The standard InChI is InChI=1S/C17H13F3N6O2/c18-17(19,20)11-5-4-8-13(9-11)23-15-14(26(27)28)16(22-10-21-15)25-24-12-6-2-1-3-7-12/h1-10,24H,(H2,21,22,23,25). The highest BCUT2D eigenvalue weighted by atomic mass is 19.4. The fourth-order valence-corrected chi connectivity index (χ4v) is 2.30. The molecule has 28 heavy (non-hydrogen) atoms. The van der Waals surface area contributed by atoms with Crippen molar-refractivity contribution >= 4 is 28.7 Å². The largest absolute Gasteiger partial charge is 0.416 e. The number of benzene rings is 2. The van der Waals surface area contributed by atoms with Crippen LogP contribution >= 0.6 is 0 Å². The van der Waals surface area contributed by atoms with Crippen molar-refractivity contribution in [1.82, 2.24) is 9.97 Å². The summed E-state index contributed by atoms with van der Waals surface area (Å²) in [7, 11) is 0. The first-order valence-electron chi connectivity index (χ1n) is 7.85. The molecule has 3 N–H and O–H groups in total. The van der Waals surface area contributed by atoms with Crippen LogP contribution in [0.15, 0.2) is 60.9 Å². The van der Waals surface area contributed by atoms with E-state index in [0.29, 0.717) is 5.69 Å². The van der Waals surface area contributed by atoms with Crippen LogP contribution in [0.2, 0.25) is 0 Å². The van der Waals surface area contributed by atoms with Crippen molar-refractivity contribution in [2.24, 2.45) is 0 Å². The number of halogens is 3. The molecule has 0 aliphatic rings. The second-order valence-electron chi connectivity index (χ2n) is 5.50. The molecule has 0 fully saturated rings. The molecule has 0 spiro atoms. The molecule has 0 aliphatic heterocycles. The lowest BCUT2D eigenvalue weighted by Crippen LogP contribution is -2.13. The Bertz CT molecular complexity index is 982. The lowest BCUT2D eigenvalue weighted by molar-refractivity contribution is -0.383. The first-order chi connectivity index (χ1) is 13.3. The van der Waals surface area contributed by atoms with E-state index in [2.05, 4.69) is 26.1 Å². The van der Waals surface area contributed by atoms with Gasteiger partial charge in [-0.25, -0.2) is 9.97 Å². The Morgan fingerprint density at radius 3 is 2.25 bits per heavy atom. The van der Waals surface area contributed by atoms with E-state index < -0.39 is 22.4 Å². The van der Waals surface area contributed by atoms with E-state index in [4.69, 9.17) is 0 Å². The minimum Gasteiger partial charge on any atom is -0.334 e. The first-order valence-corrected chi connectivity index (χ1v) is 7.85. The summed E-state index contributed by atoms with van der Waals surface area (Å²) in [6.45, 7) is 0. The van der Waals surface area contributed by atoms with Crippen LogP contribution in [-0.2, 0) is 6.18 Å². The number of aromatic nitrogens is 2. The van der Waals surface area contributed by atoms with Gasteiger partial charge in [-0.2, -0.15) is 13.2 Å². The number of nitrogens with one attached hydrogen (secondary N) is 3. The van der Waals surface area contributed by atoms with E-state index >= 15 is 0 Å². The summed E-state index contributed by atoms with van der Waals surface area (Å²) in [5, 5.41) is 14.1. The Balaban J connectivity index is 1.88. The van der Waals surface area contributed by atoms with Gasteiger partial charge in [-0.15, -0.1) is 0 Å². The third-order valence-electron chi connectivity index (χ3n) is 3.56. The molecule has 8 nitrogen and oxygen atoms in total. The Morgan fingerprint density at radius 1 is 0.893 bits per heavy atom. The monoisotopic (exact) mass is 390 g/mol. The quantitative estimate of drug-likeness (QED) is 0.418. The molecule has 11 heteroatoms. The number of rotatable bonds is 6. The summed E-state index contributed by atoms with van der Waals surface area (Å²) < 4.78 is 38.6. The molecule has 0 aliphatic carbocycles. The number of hydrogen-bond acceptors (Lipinski definition) is 7.